The predicted molar refractivity (Wildman–Crippen MR) is 78.2 cm³/mol. The quantitative estimate of drug-likeness (QED) is 0.663. The molecule has 0 aliphatic carbocycles. The van der Waals surface area contributed by atoms with Gasteiger partial charge in [-0.3, -0.25) is 10.1 Å². The van der Waals surface area contributed by atoms with Crippen molar-refractivity contribution in [3.63, 3.8) is 0 Å². The maximum atomic E-state index is 11.1. The number of anilines is 1. The van der Waals surface area contributed by atoms with Gasteiger partial charge in [0.1, 0.15) is 11.4 Å². The number of hydrogen-bond acceptors (Lipinski definition) is 5. The molecule has 1 aliphatic rings. The van der Waals surface area contributed by atoms with Crippen molar-refractivity contribution >= 4 is 23.1 Å². The van der Waals surface area contributed by atoms with E-state index < -0.39 is 0 Å². The Morgan fingerprint density at radius 2 is 2.37 bits per heavy atom. The molecule has 0 bridgehead atoms. The third-order valence-electron chi connectivity index (χ3n) is 3.19. The molecule has 1 aliphatic heterocycles. The number of thioether (sulfide) groups is 1. The Morgan fingerprint density at radius 1 is 1.58 bits per heavy atom. The summed E-state index contributed by atoms with van der Waals surface area (Å²) in [6.07, 6.45) is 1.04. The fourth-order valence-corrected chi connectivity index (χ4v) is 3.36. The summed E-state index contributed by atoms with van der Waals surface area (Å²) in [6.45, 7) is 4.51. The molecule has 2 unspecified atom stereocenters. The minimum atomic E-state index is -0.363. The van der Waals surface area contributed by atoms with Crippen LogP contribution in [-0.2, 0) is 0 Å². The zero-order valence-corrected chi connectivity index (χ0v) is 11.9. The van der Waals surface area contributed by atoms with Gasteiger partial charge in [-0.05, 0) is 31.2 Å². The number of ether oxygens (including phenoxy) is 1. The Morgan fingerprint density at radius 3 is 2.95 bits per heavy atom. The molecule has 1 saturated heterocycles. The molecular formula is C13H18N2O3S. The summed E-state index contributed by atoms with van der Waals surface area (Å²) < 4.78 is 5.31. The van der Waals surface area contributed by atoms with E-state index in [1.54, 1.807) is 12.1 Å². The second kappa shape index (κ2) is 6.14. The second-order valence-corrected chi connectivity index (χ2v) is 5.97. The van der Waals surface area contributed by atoms with Gasteiger partial charge in [0.15, 0.2) is 0 Å². The lowest BCUT2D eigenvalue weighted by atomic mass is 10.1. The normalized spacial score (nSPS) is 22.2. The van der Waals surface area contributed by atoms with Gasteiger partial charge < -0.3 is 10.1 Å². The highest BCUT2D eigenvalue weighted by Crippen LogP contribution is 2.34. The van der Waals surface area contributed by atoms with Gasteiger partial charge in [-0.15, -0.1) is 0 Å². The molecule has 0 saturated carbocycles. The molecule has 2 rings (SSSR count). The predicted octanol–water partition coefficient (Wildman–Crippen LogP) is 3.30. The number of benzene rings is 1. The zero-order chi connectivity index (χ0) is 13.8. The van der Waals surface area contributed by atoms with Gasteiger partial charge in [-0.1, -0.05) is 6.92 Å². The van der Waals surface area contributed by atoms with Gasteiger partial charge in [0, 0.05) is 11.3 Å². The molecule has 1 aromatic carbocycles. The first-order valence-electron chi connectivity index (χ1n) is 6.41. The molecule has 5 nitrogen and oxygen atoms in total. The summed E-state index contributed by atoms with van der Waals surface area (Å²) in [6, 6.07) is 5.28. The number of nitrogens with one attached hydrogen (secondary N) is 1. The molecule has 1 N–H and O–H groups in total. The van der Waals surface area contributed by atoms with Crippen molar-refractivity contribution in [1.29, 1.82) is 0 Å². The molecule has 0 spiro atoms. The van der Waals surface area contributed by atoms with E-state index in [-0.39, 0.29) is 10.6 Å². The number of nitro benzene ring substituents is 1. The lowest BCUT2D eigenvalue weighted by Gasteiger charge is -2.18. The van der Waals surface area contributed by atoms with Crippen LogP contribution in [0.2, 0.25) is 0 Å². The highest BCUT2D eigenvalue weighted by atomic mass is 32.2. The highest BCUT2D eigenvalue weighted by molar-refractivity contribution is 8.00. The van der Waals surface area contributed by atoms with Crippen molar-refractivity contribution in [2.75, 3.05) is 17.7 Å². The first kappa shape index (κ1) is 14.0. The van der Waals surface area contributed by atoms with Gasteiger partial charge in [-0.2, -0.15) is 11.8 Å². The minimum absolute atomic E-state index is 0.0788. The standard InChI is InChI=1S/C13H18N2O3S/c1-3-18-10-4-5-12(13(8-10)15(16)17)14-11-6-7-19-9(11)2/h4-5,8-9,11,14H,3,6-7H2,1-2H3. The highest BCUT2D eigenvalue weighted by Gasteiger charge is 2.26. The van der Waals surface area contributed by atoms with Crippen LogP contribution in [0.15, 0.2) is 18.2 Å². The number of rotatable bonds is 5. The van der Waals surface area contributed by atoms with Crippen LogP contribution >= 0.6 is 11.8 Å². The first-order chi connectivity index (χ1) is 9.11. The summed E-state index contributed by atoms with van der Waals surface area (Å²) in [4.78, 5) is 10.8. The van der Waals surface area contributed by atoms with E-state index in [4.69, 9.17) is 4.74 Å². The van der Waals surface area contributed by atoms with Crippen LogP contribution in [0.1, 0.15) is 20.3 Å². The van der Waals surface area contributed by atoms with Crippen molar-refractivity contribution in [3.05, 3.63) is 28.3 Å². The van der Waals surface area contributed by atoms with Crippen molar-refractivity contribution in [3.8, 4) is 5.75 Å². The Bertz CT molecular complexity index is 467. The van der Waals surface area contributed by atoms with Crippen LogP contribution in [0, 0.1) is 10.1 Å². The average Bonchev–Trinajstić information content (AvgIpc) is 2.77. The number of nitro groups is 1. The van der Waals surface area contributed by atoms with Crippen LogP contribution in [0.4, 0.5) is 11.4 Å². The van der Waals surface area contributed by atoms with Gasteiger partial charge in [0.25, 0.3) is 5.69 Å². The summed E-state index contributed by atoms with van der Waals surface area (Å²) in [5, 5.41) is 14.9. The van der Waals surface area contributed by atoms with Crippen molar-refractivity contribution in [1.82, 2.24) is 0 Å². The molecular weight excluding hydrogens is 264 g/mol. The van der Waals surface area contributed by atoms with Gasteiger partial charge in [0.2, 0.25) is 0 Å². The Balaban J connectivity index is 2.21. The van der Waals surface area contributed by atoms with Gasteiger partial charge >= 0.3 is 0 Å². The SMILES string of the molecule is CCOc1ccc(NC2CCSC2C)c([N+](=O)[O-])c1. The molecule has 104 valence electrons. The Labute approximate surface area is 116 Å². The summed E-state index contributed by atoms with van der Waals surface area (Å²) in [7, 11) is 0. The van der Waals surface area contributed by atoms with Crippen LogP contribution in [0.3, 0.4) is 0 Å². The van der Waals surface area contributed by atoms with E-state index in [2.05, 4.69) is 12.2 Å². The minimum Gasteiger partial charge on any atom is -0.494 e. The third kappa shape index (κ3) is 3.32. The molecule has 1 aromatic rings. The van der Waals surface area contributed by atoms with E-state index >= 15 is 0 Å². The molecule has 1 fully saturated rings. The molecule has 0 amide bonds. The molecule has 6 heteroatoms. The van der Waals surface area contributed by atoms with Gasteiger partial charge in [-0.25, -0.2) is 0 Å². The van der Waals surface area contributed by atoms with E-state index in [0.29, 0.717) is 29.3 Å². The maximum Gasteiger partial charge on any atom is 0.296 e. The Kier molecular flexibility index (Phi) is 4.52. The topological polar surface area (TPSA) is 64.4 Å². The third-order valence-corrected chi connectivity index (χ3v) is 4.52. The van der Waals surface area contributed by atoms with Crippen molar-refractivity contribution in [2.45, 2.75) is 31.6 Å². The average molecular weight is 282 g/mol. The lowest BCUT2D eigenvalue weighted by molar-refractivity contribution is -0.384. The van der Waals surface area contributed by atoms with Crippen molar-refractivity contribution < 1.29 is 9.66 Å². The summed E-state index contributed by atoms with van der Waals surface area (Å²) in [5.41, 5.74) is 0.655. The fourth-order valence-electron chi connectivity index (χ4n) is 2.16. The van der Waals surface area contributed by atoms with Crippen LogP contribution in [0.25, 0.3) is 0 Å². The van der Waals surface area contributed by atoms with E-state index in [0.717, 1.165) is 12.2 Å². The number of nitrogens with zero attached hydrogens (tertiary/aromatic N) is 1. The monoisotopic (exact) mass is 282 g/mol. The van der Waals surface area contributed by atoms with Gasteiger partial charge in [0.05, 0.1) is 17.6 Å². The van der Waals surface area contributed by atoms with E-state index in [1.165, 1.54) is 6.07 Å². The second-order valence-electron chi connectivity index (χ2n) is 4.48. The summed E-state index contributed by atoms with van der Waals surface area (Å²) >= 11 is 1.89. The van der Waals surface area contributed by atoms with Crippen LogP contribution in [0.5, 0.6) is 5.75 Å². The first-order valence-corrected chi connectivity index (χ1v) is 7.46. The van der Waals surface area contributed by atoms with E-state index in [1.807, 2.05) is 18.7 Å². The molecule has 2 atom stereocenters. The molecule has 19 heavy (non-hydrogen) atoms. The smallest absolute Gasteiger partial charge is 0.296 e. The van der Waals surface area contributed by atoms with Crippen LogP contribution < -0.4 is 10.1 Å². The summed E-state index contributed by atoms with van der Waals surface area (Å²) in [5.74, 6) is 1.64. The number of hydrogen-bond donors (Lipinski definition) is 1. The van der Waals surface area contributed by atoms with E-state index in [9.17, 15) is 10.1 Å². The molecule has 0 aromatic heterocycles. The maximum absolute atomic E-state index is 11.1. The molecule has 1 heterocycles. The van der Waals surface area contributed by atoms with Crippen molar-refractivity contribution in [2.24, 2.45) is 0 Å². The zero-order valence-electron chi connectivity index (χ0n) is 11.1. The fraction of sp³-hybridized carbons (Fsp3) is 0.538. The lowest BCUT2D eigenvalue weighted by Crippen LogP contribution is -2.25. The van der Waals surface area contributed by atoms with Crippen LogP contribution in [-0.4, -0.2) is 28.6 Å². The largest absolute Gasteiger partial charge is 0.494 e. The Hall–Kier alpha value is -1.43. The molecule has 0 radical (unpaired) electrons.